The highest BCUT2D eigenvalue weighted by Gasteiger charge is 2.42. The van der Waals surface area contributed by atoms with Gasteiger partial charge in [0.05, 0.1) is 16.8 Å². The Balaban J connectivity index is 5.20. The van der Waals surface area contributed by atoms with Crippen LogP contribution in [0.15, 0.2) is 0 Å². The minimum absolute atomic E-state index is 0.327. The molecule has 0 rings (SSSR count). The summed E-state index contributed by atoms with van der Waals surface area (Å²) in [7, 11) is 0. The number of hydrogen-bond donors (Lipinski definition) is 0. The average molecular weight is 260 g/mol. The van der Waals surface area contributed by atoms with Crippen molar-refractivity contribution in [3.05, 3.63) is 0 Å². The van der Waals surface area contributed by atoms with Crippen LogP contribution in [0.25, 0.3) is 0 Å². The van der Waals surface area contributed by atoms with Gasteiger partial charge in [0.15, 0.2) is 0 Å². The van der Waals surface area contributed by atoms with Crippen molar-refractivity contribution < 1.29 is 14.2 Å². The summed E-state index contributed by atoms with van der Waals surface area (Å²) in [5, 5.41) is 0. The van der Waals surface area contributed by atoms with Crippen molar-refractivity contribution in [1.82, 2.24) is 0 Å². The predicted molar refractivity (Wildman–Crippen MR) is 75.5 cm³/mol. The molecule has 0 aromatic carbocycles. The predicted octanol–water partition coefficient (Wildman–Crippen LogP) is 4.50. The summed E-state index contributed by atoms with van der Waals surface area (Å²) in [6, 6.07) is 0. The molecular weight excluding hydrogens is 228 g/mol. The van der Waals surface area contributed by atoms with Gasteiger partial charge in [-0.05, 0) is 62.3 Å². The van der Waals surface area contributed by atoms with E-state index in [1.807, 2.05) is 69.2 Å². The maximum atomic E-state index is 6.08. The molecule has 0 spiro atoms. The van der Waals surface area contributed by atoms with Crippen molar-refractivity contribution in [3.63, 3.8) is 0 Å². The van der Waals surface area contributed by atoms with Gasteiger partial charge >= 0.3 is 0 Å². The van der Waals surface area contributed by atoms with Crippen LogP contribution in [0.5, 0.6) is 0 Å². The summed E-state index contributed by atoms with van der Waals surface area (Å²) in [5.41, 5.74) is -0.981. The lowest BCUT2D eigenvalue weighted by atomic mass is 10.1. The zero-order valence-electron chi connectivity index (χ0n) is 13.9. The summed E-state index contributed by atoms with van der Waals surface area (Å²) in [4.78, 5) is 0. The second-order valence-electron chi connectivity index (χ2n) is 7.68. The molecule has 18 heavy (non-hydrogen) atoms. The Hall–Kier alpha value is -0.120. The van der Waals surface area contributed by atoms with Crippen molar-refractivity contribution >= 4 is 0 Å². The van der Waals surface area contributed by atoms with E-state index in [1.165, 1.54) is 0 Å². The largest absolute Gasteiger partial charge is 0.322 e. The first-order valence-corrected chi connectivity index (χ1v) is 6.79. The molecule has 0 aliphatic rings. The third kappa shape index (κ3) is 8.06. The molecule has 0 radical (unpaired) electrons. The summed E-state index contributed by atoms with van der Waals surface area (Å²) < 4.78 is 18.2. The fraction of sp³-hybridized carbons (Fsp3) is 1.00. The molecule has 0 bridgehead atoms. The van der Waals surface area contributed by atoms with Crippen molar-refractivity contribution in [3.8, 4) is 0 Å². The van der Waals surface area contributed by atoms with Crippen molar-refractivity contribution in [2.45, 2.75) is 98.4 Å². The third-order valence-electron chi connectivity index (χ3n) is 1.82. The fourth-order valence-electron chi connectivity index (χ4n) is 1.68. The summed E-state index contributed by atoms with van der Waals surface area (Å²) in [6.45, 7) is 20.1. The summed E-state index contributed by atoms with van der Waals surface area (Å²) in [5.74, 6) is -1.01. The Labute approximate surface area is 113 Å². The first-order chi connectivity index (χ1) is 7.68. The van der Waals surface area contributed by atoms with Gasteiger partial charge in [0.2, 0.25) is 0 Å². The zero-order chi connectivity index (χ0) is 14.8. The molecule has 3 heteroatoms. The Bertz CT molecular complexity index is 210. The Morgan fingerprint density at radius 1 is 0.556 bits per heavy atom. The van der Waals surface area contributed by atoms with E-state index in [9.17, 15) is 0 Å². The van der Waals surface area contributed by atoms with Crippen LogP contribution in [0.4, 0.5) is 0 Å². The molecule has 0 unspecified atom stereocenters. The maximum Gasteiger partial charge on any atom is 0.284 e. The van der Waals surface area contributed by atoms with Crippen LogP contribution in [0, 0.1) is 0 Å². The van der Waals surface area contributed by atoms with Crippen LogP contribution in [0.3, 0.4) is 0 Å². The molecule has 0 aliphatic heterocycles. The lowest BCUT2D eigenvalue weighted by Gasteiger charge is -2.44. The van der Waals surface area contributed by atoms with Gasteiger partial charge in [-0.1, -0.05) is 6.92 Å². The molecule has 0 amide bonds. The van der Waals surface area contributed by atoms with E-state index in [1.54, 1.807) is 0 Å². The lowest BCUT2D eigenvalue weighted by Crippen LogP contribution is -2.51. The number of ether oxygens (including phenoxy) is 3. The van der Waals surface area contributed by atoms with Crippen LogP contribution < -0.4 is 0 Å². The van der Waals surface area contributed by atoms with Gasteiger partial charge < -0.3 is 14.2 Å². The van der Waals surface area contributed by atoms with Gasteiger partial charge in [-0.25, -0.2) is 0 Å². The van der Waals surface area contributed by atoms with Crippen molar-refractivity contribution in [2.75, 3.05) is 0 Å². The minimum Gasteiger partial charge on any atom is -0.322 e. The number of rotatable bonds is 4. The first-order valence-electron chi connectivity index (χ1n) is 6.79. The van der Waals surface area contributed by atoms with Gasteiger partial charge in [-0.15, -0.1) is 0 Å². The van der Waals surface area contributed by atoms with Crippen LogP contribution in [-0.2, 0) is 14.2 Å². The molecule has 0 aromatic rings. The molecule has 0 N–H and O–H groups in total. The second-order valence-corrected chi connectivity index (χ2v) is 7.68. The van der Waals surface area contributed by atoms with Crippen LogP contribution in [-0.4, -0.2) is 22.8 Å². The molecule has 0 saturated heterocycles. The summed E-state index contributed by atoms with van der Waals surface area (Å²) >= 11 is 0. The van der Waals surface area contributed by atoms with E-state index >= 15 is 0 Å². The van der Waals surface area contributed by atoms with Crippen LogP contribution in [0.2, 0.25) is 0 Å². The van der Waals surface area contributed by atoms with Crippen LogP contribution >= 0.6 is 0 Å². The van der Waals surface area contributed by atoms with E-state index in [4.69, 9.17) is 14.2 Å². The maximum absolute atomic E-state index is 6.08. The van der Waals surface area contributed by atoms with Gasteiger partial charge in [-0.3, -0.25) is 0 Å². The van der Waals surface area contributed by atoms with Gasteiger partial charge in [-0.2, -0.15) is 0 Å². The molecular formula is C15H32O3. The van der Waals surface area contributed by atoms with E-state index < -0.39 is 5.97 Å². The molecule has 110 valence electrons. The first kappa shape index (κ1) is 17.9. The van der Waals surface area contributed by atoms with E-state index in [2.05, 4.69) is 0 Å². The molecule has 0 fully saturated rings. The SMILES string of the molecule is CCC(OC(C)(C)C)(OC(C)(C)C)OC(C)(C)C. The Morgan fingerprint density at radius 2 is 0.778 bits per heavy atom. The standard InChI is InChI=1S/C15H32O3/c1-11-15(16-12(2,3)4,17-13(5,6)7)18-14(8,9)10/h11H2,1-10H3. The summed E-state index contributed by atoms with van der Waals surface area (Å²) in [6.07, 6.45) is 0.638. The van der Waals surface area contributed by atoms with E-state index in [-0.39, 0.29) is 16.8 Å². The second kappa shape index (κ2) is 5.48. The molecule has 0 heterocycles. The fourth-order valence-corrected chi connectivity index (χ4v) is 1.68. The van der Waals surface area contributed by atoms with Gasteiger partial charge in [0.1, 0.15) is 0 Å². The lowest BCUT2D eigenvalue weighted by molar-refractivity contribution is -0.447. The third-order valence-corrected chi connectivity index (χ3v) is 1.82. The quantitative estimate of drug-likeness (QED) is 0.697. The molecule has 0 aliphatic carbocycles. The van der Waals surface area contributed by atoms with Gasteiger partial charge in [0.25, 0.3) is 5.97 Å². The normalized spacial score (nSPS) is 15.0. The molecule has 0 saturated carbocycles. The number of hydrogen-bond acceptors (Lipinski definition) is 3. The highest BCUT2D eigenvalue weighted by atomic mass is 16.9. The topological polar surface area (TPSA) is 27.7 Å². The Morgan fingerprint density at radius 3 is 0.889 bits per heavy atom. The Kier molecular flexibility index (Phi) is 5.44. The minimum atomic E-state index is -1.01. The monoisotopic (exact) mass is 260 g/mol. The van der Waals surface area contributed by atoms with E-state index in [0.717, 1.165) is 0 Å². The van der Waals surface area contributed by atoms with Gasteiger partial charge in [0, 0.05) is 6.42 Å². The van der Waals surface area contributed by atoms with Crippen molar-refractivity contribution in [1.29, 1.82) is 0 Å². The molecule has 3 nitrogen and oxygen atoms in total. The highest BCUT2D eigenvalue weighted by molar-refractivity contribution is 4.74. The smallest absolute Gasteiger partial charge is 0.284 e. The highest BCUT2D eigenvalue weighted by Crippen LogP contribution is 2.34. The van der Waals surface area contributed by atoms with Crippen molar-refractivity contribution in [2.24, 2.45) is 0 Å². The zero-order valence-corrected chi connectivity index (χ0v) is 13.9. The molecule has 0 atom stereocenters. The molecule has 0 aromatic heterocycles. The average Bonchev–Trinajstić information content (AvgIpc) is 1.93. The van der Waals surface area contributed by atoms with Crippen LogP contribution in [0.1, 0.15) is 75.7 Å². The van der Waals surface area contributed by atoms with E-state index in [0.29, 0.717) is 6.42 Å².